The van der Waals surface area contributed by atoms with Crippen LogP contribution in [-0.4, -0.2) is 19.9 Å². The lowest BCUT2D eigenvalue weighted by Crippen LogP contribution is -1.90. The van der Waals surface area contributed by atoms with Crippen molar-refractivity contribution in [1.82, 2.24) is 19.9 Å². The van der Waals surface area contributed by atoms with Gasteiger partial charge in [-0.1, -0.05) is 248 Å². The zero-order valence-electron chi connectivity index (χ0n) is 51.2. The molecule has 0 amide bonds. The number of aromatic nitrogens is 4. The molecule has 2 N–H and O–H groups in total. The summed E-state index contributed by atoms with van der Waals surface area (Å²) in [6.07, 6.45) is 13.3. The molecule has 4 heterocycles. The Morgan fingerprint density at radius 1 is 0.261 bits per heavy atom. The predicted molar refractivity (Wildman–Crippen MR) is 376 cm³/mol. The normalized spacial score (nSPS) is 12.0. The Balaban J connectivity index is 1.22. The molecule has 0 saturated carbocycles. The second-order valence-electron chi connectivity index (χ2n) is 24.7. The summed E-state index contributed by atoms with van der Waals surface area (Å²) < 4.78 is 0. The summed E-state index contributed by atoms with van der Waals surface area (Å²) in [5.74, 6) is 0. The van der Waals surface area contributed by atoms with Crippen molar-refractivity contribution >= 4 is 65.2 Å². The number of hydrogen-bond acceptors (Lipinski definition) is 2. The van der Waals surface area contributed by atoms with Crippen molar-refractivity contribution in [2.75, 3.05) is 0 Å². The van der Waals surface area contributed by atoms with E-state index in [2.05, 4.69) is 256 Å². The molecule has 4 nitrogen and oxygen atoms in total. The van der Waals surface area contributed by atoms with Gasteiger partial charge in [-0.05, 0) is 142 Å². The van der Waals surface area contributed by atoms with Gasteiger partial charge in [0.2, 0.25) is 0 Å². The molecule has 1 aliphatic carbocycles. The van der Waals surface area contributed by atoms with Crippen molar-refractivity contribution in [3.8, 4) is 89.5 Å². The number of aromatic amines is 2. The third-order valence-corrected chi connectivity index (χ3v) is 18.9. The molecule has 88 heavy (non-hydrogen) atoms. The lowest BCUT2D eigenvalue weighted by atomic mass is 9.91. The van der Waals surface area contributed by atoms with Crippen molar-refractivity contribution in [3.05, 3.63) is 241 Å². The monoisotopic (exact) mass is 1140 g/mol. The van der Waals surface area contributed by atoms with Crippen molar-refractivity contribution in [2.24, 2.45) is 0 Å². The lowest BCUT2D eigenvalue weighted by Gasteiger charge is -2.11. The number of benzene rings is 10. The van der Waals surface area contributed by atoms with Gasteiger partial charge in [-0.15, -0.1) is 0 Å². The van der Waals surface area contributed by atoms with E-state index in [1.807, 2.05) is 0 Å². The number of H-pyrrole nitrogens is 2. The second kappa shape index (κ2) is 23.6. The summed E-state index contributed by atoms with van der Waals surface area (Å²) in [7, 11) is 0. The van der Waals surface area contributed by atoms with E-state index >= 15 is 0 Å². The highest BCUT2D eigenvalue weighted by Crippen LogP contribution is 2.53. The Hall–Kier alpha value is -9.64. The Labute approximate surface area is 517 Å². The molecule has 0 fully saturated rings. The number of unbranched alkanes of at least 4 members (excludes halogenated alkanes) is 4. The van der Waals surface area contributed by atoms with E-state index in [1.54, 1.807) is 0 Å². The highest BCUT2D eigenvalue weighted by Gasteiger charge is 2.31. The maximum absolute atomic E-state index is 6.28. The van der Waals surface area contributed by atoms with Gasteiger partial charge >= 0.3 is 0 Å². The fourth-order valence-electron chi connectivity index (χ4n) is 14.1. The summed E-state index contributed by atoms with van der Waals surface area (Å²) >= 11 is 0. The standard InChI is InChI=1S/C84H74N4/c1-5-9-21-53-33-41-57(42-34-53)73-77-65-29-17-19-31-67(65)79(85-77)74(58-43-35-54(36-44-58)22-10-6-2)81-69-49-61-25-13-15-27-63(61)51-71(69)83(87-81)76(60-47-39-56(40-48-60)24-12-8-4)84-72-52-64-28-16-14-26-62(64)50-70(72)82(88-84)75(59-45-37-55(38-46-59)23-11-7-3)80-68-32-20-18-30-66(68)78(73)86-80/h13-20,25-52,85,88H,5-12,21-24H2,1-4H3. The van der Waals surface area contributed by atoms with Gasteiger partial charge in [-0.25, -0.2) is 9.97 Å². The fourth-order valence-corrected chi connectivity index (χ4v) is 14.1. The molecule has 430 valence electrons. The molecule has 12 aromatic rings. The molecule has 0 unspecified atom stereocenters. The summed E-state index contributed by atoms with van der Waals surface area (Å²) in [4.78, 5) is 21.2. The molecule has 3 aliphatic rings. The minimum absolute atomic E-state index is 0.941. The third-order valence-electron chi connectivity index (χ3n) is 18.9. The maximum Gasteiger partial charge on any atom is 0.0816 e. The van der Waals surface area contributed by atoms with Crippen LogP contribution in [0.4, 0.5) is 0 Å². The summed E-state index contributed by atoms with van der Waals surface area (Å²) in [5, 5.41) is 9.25. The highest BCUT2D eigenvalue weighted by molar-refractivity contribution is 6.23. The van der Waals surface area contributed by atoms with Crippen LogP contribution in [0.3, 0.4) is 0 Å². The van der Waals surface area contributed by atoms with E-state index < -0.39 is 0 Å². The van der Waals surface area contributed by atoms with Gasteiger partial charge in [0, 0.05) is 66.1 Å². The highest BCUT2D eigenvalue weighted by atomic mass is 14.8. The molecular weight excluding hydrogens is 1060 g/mol. The summed E-state index contributed by atoms with van der Waals surface area (Å²) in [6, 6.07) is 83.1. The van der Waals surface area contributed by atoms with Crippen LogP contribution in [-0.2, 0) is 25.7 Å². The van der Waals surface area contributed by atoms with Crippen molar-refractivity contribution in [3.63, 3.8) is 0 Å². The number of rotatable bonds is 16. The summed E-state index contributed by atoms with van der Waals surface area (Å²) in [5.41, 5.74) is 26.4. The van der Waals surface area contributed by atoms with Gasteiger partial charge in [0.05, 0.1) is 44.8 Å². The Morgan fingerprint density at radius 2 is 0.523 bits per heavy atom. The van der Waals surface area contributed by atoms with Gasteiger partial charge in [0.1, 0.15) is 0 Å². The quantitative estimate of drug-likeness (QED) is 0.101. The smallest absolute Gasteiger partial charge is 0.0816 e. The molecule has 10 aromatic carbocycles. The molecule has 0 spiro atoms. The number of hydrogen-bond donors (Lipinski definition) is 2. The van der Waals surface area contributed by atoms with Crippen LogP contribution in [0.5, 0.6) is 0 Å². The van der Waals surface area contributed by atoms with Gasteiger partial charge < -0.3 is 9.97 Å². The van der Waals surface area contributed by atoms with Gasteiger partial charge in [0.15, 0.2) is 0 Å². The zero-order chi connectivity index (χ0) is 59.2. The number of nitrogens with one attached hydrogen (secondary N) is 2. The molecule has 2 aliphatic heterocycles. The van der Waals surface area contributed by atoms with Crippen molar-refractivity contribution < 1.29 is 0 Å². The number of aryl methyl sites for hydroxylation is 4. The zero-order valence-corrected chi connectivity index (χ0v) is 51.2. The SMILES string of the molecule is CCCCc1ccc(-c2c3nc(c(-c4ccc(CCCC)cc4)c4[nH]c(c(-c5ccc(CCCC)cc5)c5nc(c(-c6ccc(CCCC)cc6)c6[nH]c2c2ccccc62)-c2cc6ccccc6cc2-5)c2cc5ccccc5cc42)-c2ccccc2-3)cc1. The van der Waals surface area contributed by atoms with E-state index in [0.29, 0.717) is 0 Å². The average molecular weight is 1140 g/mol. The van der Waals surface area contributed by atoms with Crippen molar-refractivity contribution in [1.29, 1.82) is 0 Å². The first-order valence-corrected chi connectivity index (χ1v) is 32.5. The molecule has 4 heteroatoms. The Bertz CT molecular complexity index is 4980. The van der Waals surface area contributed by atoms with Gasteiger partial charge in [-0.2, -0.15) is 0 Å². The van der Waals surface area contributed by atoms with Gasteiger partial charge in [0.25, 0.3) is 0 Å². The third kappa shape index (κ3) is 9.80. The molecule has 2 aromatic heterocycles. The molecule has 8 bridgehead atoms. The van der Waals surface area contributed by atoms with E-state index in [1.165, 1.54) is 43.8 Å². The van der Waals surface area contributed by atoms with E-state index in [0.717, 1.165) is 210 Å². The van der Waals surface area contributed by atoms with Crippen LogP contribution in [0.1, 0.15) is 101 Å². The van der Waals surface area contributed by atoms with E-state index in [4.69, 9.17) is 9.97 Å². The Kier molecular flexibility index (Phi) is 14.7. The minimum atomic E-state index is 0.941. The van der Waals surface area contributed by atoms with Crippen LogP contribution in [0.25, 0.3) is 155 Å². The fraction of sp³-hybridized carbons (Fsp3) is 0.190. The average Bonchev–Trinajstić information content (AvgIpc) is 1.60. The number of fused-ring (bicyclic) bond motifs is 2. The molecule has 0 atom stereocenters. The van der Waals surface area contributed by atoms with Crippen LogP contribution >= 0.6 is 0 Å². The topological polar surface area (TPSA) is 57.4 Å². The van der Waals surface area contributed by atoms with Crippen LogP contribution < -0.4 is 0 Å². The second-order valence-corrected chi connectivity index (χ2v) is 24.7. The maximum atomic E-state index is 6.28. The minimum Gasteiger partial charge on any atom is -0.353 e. The van der Waals surface area contributed by atoms with Crippen LogP contribution in [0, 0.1) is 0 Å². The predicted octanol–water partition coefficient (Wildman–Crippen LogP) is 23.6. The van der Waals surface area contributed by atoms with E-state index in [-0.39, 0.29) is 0 Å². The first-order valence-electron chi connectivity index (χ1n) is 32.5. The molecule has 0 saturated heterocycles. The van der Waals surface area contributed by atoms with Gasteiger partial charge in [-0.3, -0.25) is 0 Å². The summed E-state index contributed by atoms with van der Waals surface area (Å²) in [6.45, 7) is 9.11. The first-order chi connectivity index (χ1) is 43.5. The first kappa shape index (κ1) is 55.0. The van der Waals surface area contributed by atoms with Crippen LogP contribution in [0.2, 0.25) is 0 Å². The largest absolute Gasteiger partial charge is 0.353 e. The molecular formula is C84H74N4. The molecule has 15 rings (SSSR count). The number of nitrogens with zero attached hydrogens (tertiary/aromatic N) is 2. The Morgan fingerprint density at radius 3 is 0.830 bits per heavy atom. The van der Waals surface area contributed by atoms with Crippen molar-refractivity contribution in [2.45, 2.75) is 105 Å². The molecule has 0 radical (unpaired) electrons. The van der Waals surface area contributed by atoms with E-state index in [9.17, 15) is 0 Å². The lowest BCUT2D eigenvalue weighted by molar-refractivity contribution is 0.795. The van der Waals surface area contributed by atoms with Crippen LogP contribution in [0.15, 0.2) is 218 Å².